The zero-order valence-electron chi connectivity index (χ0n) is 11.1. The van der Waals surface area contributed by atoms with E-state index in [0.29, 0.717) is 5.82 Å². The van der Waals surface area contributed by atoms with Gasteiger partial charge in [0, 0.05) is 0 Å². The number of urea groups is 1. The van der Waals surface area contributed by atoms with Gasteiger partial charge in [-0.05, 0) is 12.1 Å². The Bertz CT molecular complexity index is 796. The largest absolute Gasteiger partial charge is 0.340 e. The predicted octanol–water partition coefficient (Wildman–Crippen LogP) is 0.254. The number of hydrogen-bond acceptors (Lipinski definition) is 4. The van der Waals surface area contributed by atoms with Crippen molar-refractivity contribution < 1.29 is 13.2 Å². The van der Waals surface area contributed by atoms with Gasteiger partial charge in [-0.15, -0.1) is 0 Å². The fourth-order valence-corrected chi connectivity index (χ4v) is 5.02. The summed E-state index contributed by atoms with van der Waals surface area (Å²) >= 11 is 0. The molecule has 2 aliphatic heterocycles. The molecule has 2 aromatic rings. The van der Waals surface area contributed by atoms with E-state index in [4.69, 9.17) is 0 Å². The smallest absolute Gasteiger partial charge is 0.318 e. The number of rotatable bonds is 2. The third-order valence-corrected chi connectivity index (χ3v) is 5.77. The molecule has 0 spiro atoms. The van der Waals surface area contributed by atoms with Crippen molar-refractivity contribution in [3.63, 3.8) is 0 Å². The van der Waals surface area contributed by atoms with Crippen molar-refractivity contribution in [2.24, 2.45) is 0 Å². The number of amides is 2. The van der Waals surface area contributed by atoms with Crippen LogP contribution >= 0.6 is 0 Å². The maximum atomic E-state index is 12.0. The first kappa shape index (κ1) is 12.6. The molecule has 0 bridgehead atoms. The molecule has 110 valence electrons. The summed E-state index contributed by atoms with van der Waals surface area (Å²) in [4.78, 5) is 21.2. The maximum absolute atomic E-state index is 12.0. The molecule has 2 fully saturated rings. The Balaban J connectivity index is 1.62. The maximum Gasteiger partial charge on any atom is 0.318 e. The molecular formula is C13H14N4O3S. The van der Waals surface area contributed by atoms with Crippen LogP contribution in [0.2, 0.25) is 0 Å². The average molecular weight is 306 g/mol. The van der Waals surface area contributed by atoms with Crippen molar-refractivity contribution in [1.29, 1.82) is 0 Å². The first-order valence-corrected chi connectivity index (χ1v) is 8.55. The molecule has 2 atom stereocenters. The van der Waals surface area contributed by atoms with E-state index >= 15 is 0 Å². The number of aromatic nitrogens is 2. The summed E-state index contributed by atoms with van der Waals surface area (Å²) < 4.78 is 23.4. The number of aromatic amines is 1. The third kappa shape index (κ3) is 2.06. The van der Waals surface area contributed by atoms with Crippen molar-refractivity contribution in [2.45, 2.75) is 18.6 Å². The molecule has 0 radical (unpaired) electrons. The number of benzene rings is 1. The molecule has 0 aliphatic carbocycles. The Kier molecular flexibility index (Phi) is 2.53. The van der Waals surface area contributed by atoms with Gasteiger partial charge in [0.25, 0.3) is 0 Å². The normalized spacial score (nSPS) is 27.0. The van der Waals surface area contributed by atoms with Gasteiger partial charge in [-0.1, -0.05) is 12.1 Å². The zero-order chi connectivity index (χ0) is 14.6. The van der Waals surface area contributed by atoms with Crippen LogP contribution in [-0.2, 0) is 16.4 Å². The second kappa shape index (κ2) is 4.20. The van der Waals surface area contributed by atoms with Crippen LogP contribution in [0.1, 0.15) is 5.82 Å². The average Bonchev–Trinajstić information content (AvgIpc) is 3.02. The Morgan fingerprint density at radius 2 is 2.10 bits per heavy atom. The van der Waals surface area contributed by atoms with Gasteiger partial charge in [-0.25, -0.2) is 18.2 Å². The fraction of sp³-hybridized carbons (Fsp3) is 0.385. The minimum Gasteiger partial charge on any atom is -0.340 e. The van der Waals surface area contributed by atoms with Crippen LogP contribution in [0.3, 0.4) is 0 Å². The molecule has 2 N–H and O–H groups in total. The molecule has 4 rings (SSSR count). The van der Waals surface area contributed by atoms with Crippen LogP contribution < -0.4 is 5.32 Å². The number of nitrogens with one attached hydrogen (secondary N) is 2. The van der Waals surface area contributed by atoms with Crippen molar-refractivity contribution in [3.05, 3.63) is 30.1 Å². The summed E-state index contributed by atoms with van der Waals surface area (Å²) in [5.74, 6) is 0.715. The molecule has 2 amide bonds. The lowest BCUT2D eigenvalue weighted by molar-refractivity contribution is 0.202. The highest BCUT2D eigenvalue weighted by atomic mass is 32.2. The van der Waals surface area contributed by atoms with Crippen LogP contribution in [-0.4, -0.2) is 52.9 Å². The van der Waals surface area contributed by atoms with E-state index in [1.54, 1.807) is 4.90 Å². The van der Waals surface area contributed by atoms with Gasteiger partial charge in [0.1, 0.15) is 5.82 Å². The summed E-state index contributed by atoms with van der Waals surface area (Å²) in [5.41, 5.74) is 1.74. The molecule has 21 heavy (non-hydrogen) atoms. The number of carbonyl (C=O) groups excluding carboxylic acids is 1. The topological polar surface area (TPSA) is 95.2 Å². The highest BCUT2D eigenvalue weighted by molar-refractivity contribution is 7.91. The molecule has 1 aromatic carbocycles. The van der Waals surface area contributed by atoms with Crippen LogP contribution in [0.5, 0.6) is 0 Å². The van der Waals surface area contributed by atoms with E-state index in [1.807, 2.05) is 24.3 Å². The first-order valence-electron chi connectivity index (χ1n) is 6.73. The van der Waals surface area contributed by atoms with Gasteiger partial charge in [-0.3, -0.25) is 0 Å². The molecule has 8 heteroatoms. The van der Waals surface area contributed by atoms with Crippen LogP contribution in [0.15, 0.2) is 24.3 Å². The number of carbonyl (C=O) groups is 1. The highest BCUT2D eigenvalue weighted by Crippen LogP contribution is 2.25. The molecule has 3 heterocycles. The quantitative estimate of drug-likeness (QED) is 0.778. The van der Waals surface area contributed by atoms with Crippen molar-refractivity contribution >= 4 is 26.9 Å². The minimum atomic E-state index is -3.07. The number of fused-ring (bicyclic) bond motifs is 2. The van der Waals surface area contributed by atoms with E-state index in [0.717, 1.165) is 11.0 Å². The number of para-hydroxylation sites is 2. The monoisotopic (exact) mass is 306 g/mol. The number of H-pyrrole nitrogens is 1. The fourth-order valence-electron chi connectivity index (χ4n) is 3.10. The van der Waals surface area contributed by atoms with Crippen LogP contribution in [0.25, 0.3) is 11.0 Å². The van der Waals surface area contributed by atoms with Crippen molar-refractivity contribution in [1.82, 2.24) is 20.2 Å². The summed E-state index contributed by atoms with van der Waals surface area (Å²) in [6.07, 6.45) is 0. The number of nitrogens with zero attached hydrogens (tertiary/aromatic N) is 2. The minimum absolute atomic E-state index is 0.0244. The lowest BCUT2D eigenvalue weighted by Crippen LogP contribution is -2.36. The van der Waals surface area contributed by atoms with Gasteiger partial charge in [0.15, 0.2) is 9.84 Å². The van der Waals surface area contributed by atoms with Gasteiger partial charge in [0.2, 0.25) is 0 Å². The first-order chi connectivity index (χ1) is 10.0. The molecule has 1 aromatic heterocycles. The molecular weight excluding hydrogens is 292 g/mol. The summed E-state index contributed by atoms with van der Waals surface area (Å²) in [6, 6.07) is 6.80. The number of imidazole rings is 1. The lowest BCUT2D eigenvalue weighted by atomic mass is 10.2. The van der Waals surface area contributed by atoms with E-state index in [1.165, 1.54) is 0 Å². The van der Waals surface area contributed by atoms with Crippen LogP contribution in [0.4, 0.5) is 4.79 Å². The standard InChI is InChI=1S/C13H14N4O3S/c18-13-16-10-6-21(19,20)7-11(10)17(13)5-12-14-8-3-1-2-4-9(8)15-12/h1-4,10-11H,5-7H2,(H,14,15)(H,16,18)/t10-,11+/m1/s1. The summed E-state index contributed by atoms with van der Waals surface area (Å²) in [6.45, 7) is 0.289. The number of hydrogen-bond donors (Lipinski definition) is 2. The van der Waals surface area contributed by atoms with Gasteiger partial charge in [0.05, 0.1) is 41.2 Å². The Morgan fingerprint density at radius 1 is 1.29 bits per heavy atom. The van der Waals surface area contributed by atoms with E-state index in [9.17, 15) is 13.2 Å². The SMILES string of the molecule is O=C1N[C@@H]2CS(=O)(=O)C[C@@H]2N1Cc1nc2ccccc2[nH]1. The van der Waals surface area contributed by atoms with E-state index < -0.39 is 9.84 Å². The summed E-state index contributed by atoms with van der Waals surface area (Å²) in [5, 5.41) is 2.74. The molecule has 7 nitrogen and oxygen atoms in total. The predicted molar refractivity (Wildman–Crippen MR) is 76.4 cm³/mol. The van der Waals surface area contributed by atoms with Crippen LogP contribution in [0, 0.1) is 0 Å². The van der Waals surface area contributed by atoms with Gasteiger partial charge >= 0.3 is 6.03 Å². The van der Waals surface area contributed by atoms with Crippen molar-refractivity contribution in [3.8, 4) is 0 Å². The Hall–Kier alpha value is -2.09. The molecule has 2 saturated heterocycles. The number of sulfone groups is 1. The van der Waals surface area contributed by atoms with Crippen molar-refractivity contribution in [2.75, 3.05) is 11.5 Å². The van der Waals surface area contributed by atoms with Gasteiger partial charge in [-0.2, -0.15) is 0 Å². The van der Waals surface area contributed by atoms with Gasteiger partial charge < -0.3 is 15.2 Å². The Labute approximate surface area is 121 Å². The zero-order valence-corrected chi connectivity index (χ0v) is 11.9. The molecule has 2 aliphatic rings. The Morgan fingerprint density at radius 3 is 2.90 bits per heavy atom. The van der Waals surface area contributed by atoms with E-state index in [-0.39, 0.29) is 36.2 Å². The molecule has 0 unspecified atom stereocenters. The third-order valence-electron chi connectivity index (χ3n) is 4.05. The highest BCUT2D eigenvalue weighted by Gasteiger charge is 2.48. The van der Waals surface area contributed by atoms with E-state index in [2.05, 4.69) is 15.3 Å². The summed E-state index contributed by atoms with van der Waals surface area (Å²) in [7, 11) is -3.07. The lowest BCUT2D eigenvalue weighted by Gasteiger charge is -2.19. The molecule has 0 saturated carbocycles. The second-order valence-electron chi connectivity index (χ2n) is 5.53. The second-order valence-corrected chi connectivity index (χ2v) is 7.68.